The summed E-state index contributed by atoms with van der Waals surface area (Å²) in [6.45, 7) is 14.0. The molecule has 13 rings (SSSR count). The first-order valence-electron chi connectivity index (χ1n) is 21.6. The lowest BCUT2D eigenvalue weighted by Crippen LogP contribution is -2.15. The summed E-state index contributed by atoms with van der Waals surface area (Å²) < 4.78 is 5.03. The zero-order valence-electron chi connectivity index (χ0n) is 35.3. The lowest BCUT2D eigenvalue weighted by atomic mass is 9.85. The molecule has 0 unspecified atom stereocenters. The zero-order chi connectivity index (χ0) is 41.1. The lowest BCUT2D eigenvalue weighted by Gasteiger charge is -2.29. The summed E-state index contributed by atoms with van der Waals surface area (Å²) in [5.74, 6) is 0. The standard InChI is InChI=1S/C57H44N4/c1-56(2,3)36-28-42-41-25-33-17-13-14-18-34(33)27-47(41)61-52(42)43(29-36)44-32-48-51(58-55(44)61)46-26-35-19-15-16-24-40(35)50-45-30-37(57(4,5)6)31-49(53(45)60(48)54(46)50)59(38-20-9-7-10-21-38)39-22-11-8-12-23-39/h7-32H,1-6H3. The smallest absolute Gasteiger partial charge is 0.146 e. The number of fused-ring (bicyclic) bond motifs is 15. The third kappa shape index (κ3) is 4.68. The Morgan fingerprint density at radius 2 is 0.967 bits per heavy atom. The molecule has 0 saturated carbocycles. The van der Waals surface area contributed by atoms with Crippen molar-refractivity contribution in [1.29, 1.82) is 0 Å². The number of rotatable bonds is 3. The number of pyridine rings is 1. The van der Waals surface area contributed by atoms with Crippen molar-refractivity contribution in [2.24, 2.45) is 0 Å². The van der Waals surface area contributed by atoms with Crippen LogP contribution in [0.5, 0.6) is 0 Å². The minimum Gasteiger partial charge on any atom is -0.308 e. The molecule has 0 aliphatic carbocycles. The first-order valence-corrected chi connectivity index (χ1v) is 21.6. The predicted molar refractivity (Wildman–Crippen MR) is 261 cm³/mol. The maximum absolute atomic E-state index is 5.87. The SMILES string of the molecule is CC(C)(C)c1cc(N(c2ccccc2)c2ccccc2)c2c(c1)c1c3ccccc3cc3c4nc5c(cc4n2c31)c1cc(C(C)(C)C)cc2c3cc4ccccc4cc3n5c21. The Bertz CT molecular complexity index is 3890. The highest BCUT2D eigenvalue weighted by molar-refractivity contribution is 6.34. The van der Waals surface area contributed by atoms with Crippen LogP contribution in [0.4, 0.5) is 17.1 Å². The normalized spacial score (nSPS) is 13.1. The fourth-order valence-corrected chi connectivity index (χ4v) is 10.5. The lowest BCUT2D eigenvalue weighted by molar-refractivity contribution is 0.591. The van der Waals surface area contributed by atoms with E-state index in [1.54, 1.807) is 0 Å². The Morgan fingerprint density at radius 1 is 0.410 bits per heavy atom. The van der Waals surface area contributed by atoms with Crippen LogP contribution in [0.1, 0.15) is 52.7 Å². The Morgan fingerprint density at radius 3 is 1.64 bits per heavy atom. The van der Waals surface area contributed by atoms with Crippen LogP contribution in [0.3, 0.4) is 0 Å². The first kappa shape index (κ1) is 34.7. The number of para-hydroxylation sites is 2. The maximum atomic E-state index is 5.87. The van der Waals surface area contributed by atoms with Gasteiger partial charge in [0.1, 0.15) is 5.65 Å². The third-order valence-corrected chi connectivity index (χ3v) is 13.5. The summed E-state index contributed by atoms with van der Waals surface area (Å²) in [6, 6.07) is 58.8. The highest BCUT2D eigenvalue weighted by Gasteiger charge is 2.30. The molecule has 0 radical (unpaired) electrons. The summed E-state index contributed by atoms with van der Waals surface area (Å²) >= 11 is 0. The first-order chi connectivity index (χ1) is 29.5. The number of hydrogen-bond acceptors (Lipinski definition) is 2. The van der Waals surface area contributed by atoms with Crippen LogP contribution in [0.15, 0.2) is 158 Å². The van der Waals surface area contributed by atoms with E-state index in [9.17, 15) is 0 Å². The van der Waals surface area contributed by atoms with E-state index in [0.29, 0.717) is 0 Å². The van der Waals surface area contributed by atoms with Crippen molar-refractivity contribution < 1.29 is 0 Å². The van der Waals surface area contributed by atoms with E-state index in [1.165, 1.54) is 92.4 Å². The second kappa shape index (κ2) is 11.8. The number of benzene rings is 8. The van der Waals surface area contributed by atoms with Gasteiger partial charge in [0, 0.05) is 49.1 Å². The van der Waals surface area contributed by atoms with Gasteiger partial charge in [-0.15, -0.1) is 0 Å². The molecule has 0 N–H and O–H groups in total. The van der Waals surface area contributed by atoms with Crippen molar-refractivity contribution in [3.8, 4) is 0 Å². The van der Waals surface area contributed by atoms with Crippen LogP contribution in [-0.2, 0) is 10.8 Å². The van der Waals surface area contributed by atoms with Crippen LogP contribution in [0.2, 0.25) is 0 Å². The molecule has 292 valence electrons. The Hall–Kier alpha value is -7.17. The van der Waals surface area contributed by atoms with Gasteiger partial charge in [-0.1, -0.05) is 126 Å². The number of nitrogens with zero attached hydrogens (tertiary/aromatic N) is 4. The Balaban J connectivity index is 1.27. The van der Waals surface area contributed by atoms with Crippen molar-refractivity contribution in [1.82, 2.24) is 13.8 Å². The molecule has 5 aromatic heterocycles. The van der Waals surface area contributed by atoms with Crippen molar-refractivity contribution in [2.75, 3.05) is 4.90 Å². The molecule has 4 heteroatoms. The molecular weight excluding hydrogens is 741 g/mol. The summed E-state index contributed by atoms with van der Waals surface area (Å²) in [4.78, 5) is 8.33. The van der Waals surface area contributed by atoms with E-state index in [4.69, 9.17) is 4.98 Å². The monoisotopic (exact) mass is 784 g/mol. The van der Waals surface area contributed by atoms with Crippen molar-refractivity contribution in [3.63, 3.8) is 0 Å². The largest absolute Gasteiger partial charge is 0.308 e. The minimum absolute atomic E-state index is 0.0417. The van der Waals surface area contributed by atoms with E-state index in [1.807, 2.05) is 0 Å². The van der Waals surface area contributed by atoms with Gasteiger partial charge in [0.25, 0.3) is 0 Å². The van der Waals surface area contributed by atoms with Gasteiger partial charge < -0.3 is 9.30 Å². The van der Waals surface area contributed by atoms with Crippen LogP contribution in [0, 0.1) is 0 Å². The molecule has 8 aromatic carbocycles. The van der Waals surface area contributed by atoms with E-state index in [-0.39, 0.29) is 10.8 Å². The van der Waals surface area contributed by atoms with Crippen LogP contribution in [-0.4, -0.2) is 13.8 Å². The molecule has 5 heterocycles. The molecular formula is C57H44N4. The second-order valence-corrected chi connectivity index (χ2v) is 19.3. The summed E-state index contributed by atoms with van der Waals surface area (Å²) in [6.07, 6.45) is 0. The molecule has 0 atom stereocenters. The molecule has 0 spiro atoms. The zero-order valence-corrected chi connectivity index (χ0v) is 35.3. The van der Waals surface area contributed by atoms with Gasteiger partial charge in [0.2, 0.25) is 0 Å². The Kier molecular flexibility index (Phi) is 6.69. The predicted octanol–water partition coefficient (Wildman–Crippen LogP) is 15.8. The van der Waals surface area contributed by atoms with Gasteiger partial charge in [-0.05, 0) is 116 Å². The van der Waals surface area contributed by atoms with Crippen LogP contribution >= 0.6 is 0 Å². The molecule has 13 aromatic rings. The van der Waals surface area contributed by atoms with Crippen molar-refractivity contribution >= 4 is 115 Å². The number of aromatic nitrogens is 3. The van der Waals surface area contributed by atoms with Crippen LogP contribution in [0.25, 0.3) is 98.0 Å². The molecule has 0 aliphatic heterocycles. The van der Waals surface area contributed by atoms with Gasteiger partial charge in [-0.2, -0.15) is 0 Å². The highest BCUT2D eigenvalue weighted by Crippen LogP contribution is 2.51. The molecule has 0 aliphatic rings. The highest BCUT2D eigenvalue weighted by atomic mass is 15.2. The van der Waals surface area contributed by atoms with Gasteiger partial charge in [-0.3, -0.25) is 4.40 Å². The molecule has 0 bridgehead atoms. The molecule has 0 saturated heterocycles. The van der Waals surface area contributed by atoms with Gasteiger partial charge in [0.15, 0.2) is 0 Å². The number of anilines is 3. The van der Waals surface area contributed by atoms with E-state index in [0.717, 1.165) is 33.7 Å². The van der Waals surface area contributed by atoms with Crippen molar-refractivity contribution in [2.45, 2.75) is 52.4 Å². The summed E-state index contributed by atoms with van der Waals surface area (Å²) in [7, 11) is 0. The fraction of sp³-hybridized carbons (Fsp3) is 0.140. The third-order valence-electron chi connectivity index (χ3n) is 13.5. The molecule has 4 nitrogen and oxygen atoms in total. The molecule has 0 fully saturated rings. The van der Waals surface area contributed by atoms with Gasteiger partial charge >= 0.3 is 0 Å². The van der Waals surface area contributed by atoms with E-state index in [2.05, 4.69) is 213 Å². The number of hydrogen-bond donors (Lipinski definition) is 0. The topological polar surface area (TPSA) is 25.0 Å². The van der Waals surface area contributed by atoms with E-state index < -0.39 is 0 Å². The quantitative estimate of drug-likeness (QED) is 0.178. The van der Waals surface area contributed by atoms with Crippen molar-refractivity contribution in [3.05, 3.63) is 169 Å². The van der Waals surface area contributed by atoms with Gasteiger partial charge in [0.05, 0.1) is 38.8 Å². The maximum Gasteiger partial charge on any atom is 0.146 e. The molecule has 61 heavy (non-hydrogen) atoms. The average molecular weight is 785 g/mol. The second-order valence-electron chi connectivity index (χ2n) is 19.3. The van der Waals surface area contributed by atoms with E-state index >= 15 is 0 Å². The average Bonchev–Trinajstić information content (AvgIpc) is 3.97. The molecule has 0 amide bonds. The fourth-order valence-electron chi connectivity index (χ4n) is 10.5. The minimum atomic E-state index is -0.0980. The summed E-state index contributed by atoms with van der Waals surface area (Å²) in [5, 5.41) is 13.7. The van der Waals surface area contributed by atoms with Crippen LogP contribution < -0.4 is 4.90 Å². The summed E-state index contributed by atoms with van der Waals surface area (Å²) in [5.41, 5.74) is 13.9. The Labute approximate surface area is 353 Å². The van der Waals surface area contributed by atoms with Gasteiger partial charge in [-0.25, -0.2) is 4.98 Å².